The number of hydrogen-bond donors (Lipinski definition) is 0. The fraction of sp³-hybridized carbons (Fsp3) is 0.900. The first-order valence-corrected chi connectivity index (χ1v) is 7.25. The lowest BCUT2D eigenvalue weighted by Gasteiger charge is -2.30. The Morgan fingerprint density at radius 3 is 2.80 bits per heavy atom. The van der Waals surface area contributed by atoms with Crippen molar-refractivity contribution in [1.29, 1.82) is 5.26 Å². The van der Waals surface area contributed by atoms with Crippen molar-refractivity contribution in [2.24, 2.45) is 0 Å². The van der Waals surface area contributed by atoms with Gasteiger partial charge in [0.1, 0.15) is 0 Å². The van der Waals surface area contributed by atoms with Crippen LogP contribution in [-0.2, 0) is 9.84 Å². The molecule has 1 aliphatic rings. The molecule has 15 heavy (non-hydrogen) atoms. The summed E-state index contributed by atoms with van der Waals surface area (Å²) >= 11 is 0. The summed E-state index contributed by atoms with van der Waals surface area (Å²) in [7, 11) is -2.90. The summed E-state index contributed by atoms with van der Waals surface area (Å²) in [6.07, 6.45) is 3.03. The molecule has 4 nitrogen and oxygen atoms in total. The summed E-state index contributed by atoms with van der Waals surface area (Å²) in [5.74, 6) is 0.375. The molecular weight excluding hydrogens is 212 g/mol. The van der Waals surface area contributed by atoms with Crippen LogP contribution in [0.4, 0.5) is 0 Å². The molecule has 1 rings (SSSR count). The minimum Gasteiger partial charge on any atom is -0.287 e. The third kappa shape index (κ3) is 3.80. The van der Waals surface area contributed by atoms with Crippen LogP contribution < -0.4 is 0 Å². The van der Waals surface area contributed by atoms with Gasteiger partial charge in [0.15, 0.2) is 9.84 Å². The standard InChI is InChI=1S/C10H18N2O2S/c1-2-15(13,14)8-7-12-6-4-3-5-10(12)9-11/h10H,2-8H2,1H3. The van der Waals surface area contributed by atoms with Crippen LogP contribution in [-0.4, -0.2) is 44.0 Å². The highest BCUT2D eigenvalue weighted by Crippen LogP contribution is 2.15. The fourth-order valence-corrected chi connectivity index (χ4v) is 2.61. The van der Waals surface area contributed by atoms with E-state index in [0.717, 1.165) is 25.8 Å². The molecule has 5 heteroatoms. The van der Waals surface area contributed by atoms with E-state index in [2.05, 4.69) is 6.07 Å². The lowest BCUT2D eigenvalue weighted by Crippen LogP contribution is -2.41. The minimum atomic E-state index is -2.90. The summed E-state index contributed by atoms with van der Waals surface area (Å²) in [5, 5.41) is 8.91. The van der Waals surface area contributed by atoms with Gasteiger partial charge in [-0.15, -0.1) is 0 Å². The molecule has 0 saturated carbocycles. The molecule has 1 heterocycles. The fourth-order valence-electron chi connectivity index (χ4n) is 1.81. The molecule has 0 aliphatic carbocycles. The first-order valence-electron chi connectivity index (χ1n) is 5.43. The second-order valence-electron chi connectivity index (χ2n) is 3.91. The zero-order valence-corrected chi connectivity index (χ0v) is 9.96. The molecular formula is C10H18N2O2S. The number of rotatable bonds is 4. The zero-order chi connectivity index (χ0) is 11.3. The average molecular weight is 230 g/mol. The van der Waals surface area contributed by atoms with E-state index in [9.17, 15) is 8.42 Å². The molecule has 86 valence electrons. The monoisotopic (exact) mass is 230 g/mol. The summed E-state index contributed by atoms with van der Waals surface area (Å²) in [6.45, 7) is 3.03. The Bertz CT molecular complexity index is 332. The Kier molecular flexibility index (Phi) is 4.55. The van der Waals surface area contributed by atoms with Gasteiger partial charge < -0.3 is 0 Å². The number of sulfone groups is 1. The van der Waals surface area contributed by atoms with Crippen molar-refractivity contribution in [3.05, 3.63) is 0 Å². The SMILES string of the molecule is CCS(=O)(=O)CCN1CCCCC1C#N. The number of likely N-dealkylation sites (tertiary alicyclic amines) is 1. The van der Waals surface area contributed by atoms with E-state index in [1.54, 1.807) is 6.92 Å². The third-order valence-electron chi connectivity index (χ3n) is 2.89. The van der Waals surface area contributed by atoms with E-state index < -0.39 is 9.84 Å². The van der Waals surface area contributed by atoms with E-state index in [1.807, 2.05) is 4.90 Å². The number of piperidine rings is 1. The van der Waals surface area contributed by atoms with Gasteiger partial charge in [0, 0.05) is 12.3 Å². The topological polar surface area (TPSA) is 61.2 Å². The highest BCUT2D eigenvalue weighted by Gasteiger charge is 2.22. The smallest absolute Gasteiger partial charge is 0.151 e. The molecule has 0 bridgehead atoms. The average Bonchev–Trinajstić information content (AvgIpc) is 2.27. The van der Waals surface area contributed by atoms with Crippen LogP contribution in [0.15, 0.2) is 0 Å². The molecule has 0 aromatic rings. The van der Waals surface area contributed by atoms with E-state index in [-0.39, 0.29) is 17.5 Å². The Hall–Kier alpha value is -0.600. The summed E-state index contributed by atoms with van der Waals surface area (Å²) in [6, 6.07) is 2.16. The second kappa shape index (κ2) is 5.47. The van der Waals surface area contributed by atoms with Crippen molar-refractivity contribution in [3.63, 3.8) is 0 Å². The first-order chi connectivity index (χ1) is 7.09. The summed E-state index contributed by atoms with van der Waals surface area (Å²) in [5.41, 5.74) is 0. The zero-order valence-electron chi connectivity index (χ0n) is 9.15. The van der Waals surface area contributed by atoms with Crippen LogP contribution in [0.2, 0.25) is 0 Å². The van der Waals surface area contributed by atoms with Crippen molar-refractivity contribution in [2.45, 2.75) is 32.2 Å². The summed E-state index contributed by atoms with van der Waals surface area (Å²) < 4.78 is 22.7. The van der Waals surface area contributed by atoms with Crippen molar-refractivity contribution in [1.82, 2.24) is 4.90 Å². The number of nitriles is 1. The largest absolute Gasteiger partial charge is 0.287 e. The summed E-state index contributed by atoms with van der Waals surface area (Å²) in [4.78, 5) is 2.00. The van der Waals surface area contributed by atoms with Crippen molar-refractivity contribution in [3.8, 4) is 6.07 Å². The van der Waals surface area contributed by atoms with Crippen LogP contribution in [0.5, 0.6) is 0 Å². The van der Waals surface area contributed by atoms with Gasteiger partial charge in [-0.2, -0.15) is 5.26 Å². The lowest BCUT2D eigenvalue weighted by atomic mass is 10.0. The van der Waals surface area contributed by atoms with E-state index in [1.165, 1.54) is 0 Å². The van der Waals surface area contributed by atoms with Gasteiger partial charge >= 0.3 is 0 Å². The lowest BCUT2D eigenvalue weighted by molar-refractivity contribution is 0.195. The second-order valence-corrected chi connectivity index (χ2v) is 6.39. The van der Waals surface area contributed by atoms with Gasteiger partial charge in [0.25, 0.3) is 0 Å². The van der Waals surface area contributed by atoms with Gasteiger partial charge in [0.05, 0.1) is 17.9 Å². The molecule has 1 atom stereocenters. The molecule has 0 aromatic heterocycles. The van der Waals surface area contributed by atoms with Crippen LogP contribution >= 0.6 is 0 Å². The first kappa shape index (κ1) is 12.5. The predicted octanol–water partition coefficient (Wildman–Crippen LogP) is 0.799. The molecule has 0 radical (unpaired) electrons. The van der Waals surface area contributed by atoms with Crippen LogP contribution in [0.25, 0.3) is 0 Å². The van der Waals surface area contributed by atoms with Crippen LogP contribution in [0, 0.1) is 11.3 Å². The Morgan fingerprint density at radius 2 is 2.20 bits per heavy atom. The molecule has 1 unspecified atom stereocenters. The Balaban J connectivity index is 2.47. The van der Waals surface area contributed by atoms with Gasteiger partial charge in [-0.1, -0.05) is 6.92 Å². The number of hydrogen-bond acceptors (Lipinski definition) is 4. The van der Waals surface area contributed by atoms with Gasteiger partial charge in [-0.05, 0) is 25.8 Å². The minimum absolute atomic E-state index is 0.0780. The highest BCUT2D eigenvalue weighted by molar-refractivity contribution is 7.91. The molecule has 0 N–H and O–H groups in total. The quantitative estimate of drug-likeness (QED) is 0.716. The molecule has 0 spiro atoms. The van der Waals surface area contributed by atoms with Gasteiger partial charge in [0.2, 0.25) is 0 Å². The molecule has 1 fully saturated rings. The molecule has 0 aromatic carbocycles. The van der Waals surface area contributed by atoms with Gasteiger partial charge in [-0.25, -0.2) is 8.42 Å². The Labute approximate surface area is 91.8 Å². The maximum absolute atomic E-state index is 11.3. The number of nitrogens with zero attached hydrogens (tertiary/aromatic N) is 2. The Morgan fingerprint density at radius 1 is 1.47 bits per heavy atom. The van der Waals surface area contributed by atoms with Gasteiger partial charge in [-0.3, -0.25) is 4.90 Å². The van der Waals surface area contributed by atoms with E-state index in [4.69, 9.17) is 5.26 Å². The van der Waals surface area contributed by atoms with Crippen molar-refractivity contribution in [2.75, 3.05) is 24.6 Å². The van der Waals surface area contributed by atoms with Crippen molar-refractivity contribution < 1.29 is 8.42 Å². The predicted molar refractivity (Wildman–Crippen MR) is 59.2 cm³/mol. The third-order valence-corrected chi connectivity index (χ3v) is 4.58. The molecule has 0 amide bonds. The maximum atomic E-state index is 11.3. The normalized spacial score (nSPS) is 23.6. The maximum Gasteiger partial charge on any atom is 0.151 e. The highest BCUT2D eigenvalue weighted by atomic mass is 32.2. The van der Waals surface area contributed by atoms with Crippen LogP contribution in [0.3, 0.4) is 0 Å². The van der Waals surface area contributed by atoms with E-state index >= 15 is 0 Å². The van der Waals surface area contributed by atoms with Crippen LogP contribution in [0.1, 0.15) is 26.2 Å². The molecule has 1 aliphatic heterocycles. The van der Waals surface area contributed by atoms with E-state index in [0.29, 0.717) is 6.54 Å². The molecule has 1 saturated heterocycles. The van der Waals surface area contributed by atoms with Crippen molar-refractivity contribution >= 4 is 9.84 Å².